The lowest BCUT2D eigenvalue weighted by atomic mass is 9.94. The fraction of sp³-hybridized carbons (Fsp3) is 0.538. The van der Waals surface area contributed by atoms with Crippen molar-refractivity contribution in [3.63, 3.8) is 0 Å². The monoisotopic (exact) mass is 249 g/mol. The van der Waals surface area contributed by atoms with Gasteiger partial charge in [-0.1, -0.05) is 19.1 Å². The molecule has 0 amide bonds. The first kappa shape index (κ1) is 13.0. The van der Waals surface area contributed by atoms with Crippen molar-refractivity contribution in [1.29, 1.82) is 0 Å². The van der Waals surface area contributed by atoms with Gasteiger partial charge in [-0.15, -0.1) is 0 Å². The van der Waals surface area contributed by atoms with E-state index in [9.17, 15) is 10.1 Å². The maximum Gasteiger partial charge on any atom is 0.269 e. The third-order valence-corrected chi connectivity index (χ3v) is 3.58. The fourth-order valence-corrected chi connectivity index (χ4v) is 2.42. The molecule has 0 spiro atoms. The van der Waals surface area contributed by atoms with Crippen LogP contribution in [0.3, 0.4) is 0 Å². The number of non-ortho nitro benzene ring substituents is 1. The Morgan fingerprint density at radius 1 is 1.56 bits per heavy atom. The number of hydrogen-bond donors (Lipinski definition) is 1. The molecule has 1 aromatic carbocycles. The van der Waals surface area contributed by atoms with E-state index in [-0.39, 0.29) is 16.7 Å². The van der Waals surface area contributed by atoms with E-state index >= 15 is 0 Å². The van der Waals surface area contributed by atoms with Crippen LogP contribution in [-0.2, 0) is 6.54 Å². The van der Waals surface area contributed by atoms with Crippen molar-refractivity contribution in [2.24, 2.45) is 11.7 Å². The summed E-state index contributed by atoms with van der Waals surface area (Å²) in [4.78, 5) is 12.7. The molecule has 1 aliphatic rings. The number of rotatable bonds is 3. The van der Waals surface area contributed by atoms with Gasteiger partial charge in [-0.3, -0.25) is 15.0 Å². The van der Waals surface area contributed by atoms with Crippen molar-refractivity contribution in [2.75, 3.05) is 13.1 Å². The highest BCUT2D eigenvalue weighted by atomic mass is 16.6. The van der Waals surface area contributed by atoms with Crippen molar-refractivity contribution in [1.82, 2.24) is 4.90 Å². The Bertz CT molecular complexity index is 436. The van der Waals surface area contributed by atoms with Gasteiger partial charge in [0.1, 0.15) is 0 Å². The molecular formula is C13H19N3O2. The highest BCUT2D eigenvalue weighted by molar-refractivity contribution is 5.34. The van der Waals surface area contributed by atoms with Crippen LogP contribution < -0.4 is 5.73 Å². The molecule has 18 heavy (non-hydrogen) atoms. The zero-order valence-electron chi connectivity index (χ0n) is 10.6. The Morgan fingerprint density at radius 2 is 2.33 bits per heavy atom. The smallest absolute Gasteiger partial charge is 0.269 e. The first-order valence-corrected chi connectivity index (χ1v) is 6.27. The molecule has 2 rings (SSSR count). The lowest BCUT2D eigenvalue weighted by molar-refractivity contribution is -0.384. The second-order valence-corrected chi connectivity index (χ2v) is 5.09. The van der Waals surface area contributed by atoms with Gasteiger partial charge in [-0.05, 0) is 24.4 Å². The van der Waals surface area contributed by atoms with Gasteiger partial charge in [0.2, 0.25) is 0 Å². The molecule has 1 aliphatic heterocycles. The van der Waals surface area contributed by atoms with E-state index in [0.29, 0.717) is 5.92 Å². The minimum atomic E-state index is -0.349. The number of likely N-dealkylation sites (tertiary alicyclic amines) is 1. The number of nitrogens with two attached hydrogens (primary N) is 1. The number of hydrogen-bond acceptors (Lipinski definition) is 4. The number of benzene rings is 1. The van der Waals surface area contributed by atoms with Crippen LogP contribution in [0.4, 0.5) is 5.69 Å². The van der Waals surface area contributed by atoms with Gasteiger partial charge in [0, 0.05) is 31.3 Å². The van der Waals surface area contributed by atoms with Crippen LogP contribution >= 0.6 is 0 Å². The Balaban J connectivity index is 2.01. The predicted molar refractivity (Wildman–Crippen MR) is 70.1 cm³/mol. The Hall–Kier alpha value is -1.46. The summed E-state index contributed by atoms with van der Waals surface area (Å²) in [5, 5.41) is 10.7. The second kappa shape index (κ2) is 5.46. The van der Waals surface area contributed by atoms with Crippen molar-refractivity contribution >= 4 is 5.69 Å². The molecule has 1 saturated heterocycles. The Morgan fingerprint density at radius 3 is 3.00 bits per heavy atom. The lowest BCUT2D eigenvalue weighted by Crippen LogP contribution is -2.45. The SMILES string of the molecule is CC1CN(Cc2cccc([N+](=O)[O-])c2)CCC1N. The van der Waals surface area contributed by atoms with Gasteiger partial charge in [-0.2, -0.15) is 0 Å². The predicted octanol–water partition coefficient (Wildman–Crippen LogP) is 1.76. The first-order chi connectivity index (χ1) is 8.56. The number of nitro groups is 1. The lowest BCUT2D eigenvalue weighted by Gasteiger charge is -2.35. The fourth-order valence-electron chi connectivity index (χ4n) is 2.42. The van der Waals surface area contributed by atoms with E-state index in [2.05, 4.69) is 11.8 Å². The molecule has 0 bridgehead atoms. The number of piperidine rings is 1. The van der Waals surface area contributed by atoms with Crippen LogP contribution in [0.5, 0.6) is 0 Å². The van der Waals surface area contributed by atoms with Crippen LogP contribution in [-0.4, -0.2) is 29.0 Å². The van der Waals surface area contributed by atoms with Gasteiger partial charge < -0.3 is 5.73 Å². The summed E-state index contributed by atoms with van der Waals surface area (Å²) in [5.41, 5.74) is 7.14. The second-order valence-electron chi connectivity index (χ2n) is 5.09. The van der Waals surface area contributed by atoms with E-state index in [0.717, 1.165) is 31.6 Å². The zero-order chi connectivity index (χ0) is 13.1. The van der Waals surface area contributed by atoms with E-state index in [1.807, 2.05) is 6.07 Å². The maximum absolute atomic E-state index is 10.7. The summed E-state index contributed by atoms with van der Waals surface area (Å²) in [6.45, 7) is 4.85. The largest absolute Gasteiger partial charge is 0.327 e. The molecule has 2 unspecified atom stereocenters. The molecule has 0 saturated carbocycles. The molecule has 0 aromatic heterocycles. The first-order valence-electron chi connectivity index (χ1n) is 6.27. The highest BCUT2D eigenvalue weighted by Crippen LogP contribution is 2.19. The van der Waals surface area contributed by atoms with Crippen molar-refractivity contribution in [3.8, 4) is 0 Å². The van der Waals surface area contributed by atoms with Crippen LogP contribution in [0.25, 0.3) is 0 Å². The van der Waals surface area contributed by atoms with Crippen LogP contribution in [0.15, 0.2) is 24.3 Å². The van der Waals surface area contributed by atoms with Gasteiger partial charge in [0.25, 0.3) is 5.69 Å². The normalized spacial score (nSPS) is 25.0. The van der Waals surface area contributed by atoms with E-state index < -0.39 is 0 Å². The molecular weight excluding hydrogens is 230 g/mol. The summed E-state index contributed by atoms with van der Waals surface area (Å²) in [7, 11) is 0. The summed E-state index contributed by atoms with van der Waals surface area (Å²) in [6.07, 6.45) is 0.996. The molecule has 1 aromatic rings. The highest BCUT2D eigenvalue weighted by Gasteiger charge is 2.23. The molecule has 0 radical (unpaired) electrons. The van der Waals surface area contributed by atoms with Crippen molar-refractivity contribution in [3.05, 3.63) is 39.9 Å². The van der Waals surface area contributed by atoms with Crippen molar-refractivity contribution in [2.45, 2.75) is 25.9 Å². The molecule has 2 atom stereocenters. The summed E-state index contributed by atoms with van der Waals surface area (Å²) in [6, 6.07) is 7.14. The maximum atomic E-state index is 10.7. The van der Waals surface area contributed by atoms with E-state index in [4.69, 9.17) is 5.73 Å². The summed E-state index contributed by atoms with van der Waals surface area (Å²) >= 11 is 0. The van der Waals surface area contributed by atoms with E-state index in [1.165, 1.54) is 6.07 Å². The zero-order valence-corrected chi connectivity index (χ0v) is 10.6. The third-order valence-electron chi connectivity index (χ3n) is 3.58. The summed E-state index contributed by atoms with van der Waals surface area (Å²) < 4.78 is 0. The van der Waals surface area contributed by atoms with Gasteiger partial charge in [-0.25, -0.2) is 0 Å². The average molecular weight is 249 g/mol. The molecule has 5 nitrogen and oxygen atoms in total. The molecule has 5 heteroatoms. The van der Waals surface area contributed by atoms with Gasteiger partial charge in [0.05, 0.1) is 4.92 Å². The van der Waals surface area contributed by atoms with Gasteiger partial charge in [0.15, 0.2) is 0 Å². The number of nitrogens with zero attached hydrogens (tertiary/aromatic N) is 2. The minimum absolute atomic E-state index is 0.161. The Kier molecular flexibility index (Phi) is 3.93. The summed E-state index contributed by atoms with van der Waals surface area (Å²) in [5.74, 6) is 0.484. The van der Waals surface area contributed by atoms with Crippen LogP contribution in [0.2, 0.25) is 0 Å². The quantitative estimate of drug-likeness (QED) is 0.654. The topological polar surface area (TPSA) is 72.4 Å². The van der Waals surface area contributed by atoms with Crippen LogP contribution in [0, 0.1) is 16.0 Å². The molecule has 98 valence electrons. The van der Waals surface area contributed by atoms with Crippen LogP contribution in [0.1, 0.15) is 18.9 Å². The third kappa shape index (κ3) is 3.05. The standard InChI is InChI=1S/C13H19N3O2/c1-10-8-15(6-5-13(10)14)9-11-3-2-4-12(7-11)16(17)18/h2-4,7,10,13H,5-6,8-9,14H2,1H3. The average Bonchev–Trinajstić information content (AvgIpc) is 2.34. The molecule has 0 aliphatic carbocycles. The van der Waals surface area contributed by atoms with Gasteiger partial charge >= 0.3 is 0 Å². The molecule has 2 N–H and O–H groups in total. The minimum Gasteiger partial charge on any atom is -0.327 e. The Labute approximate surface area is 107 Å². The molecule has 1 heterocycles. The number of nitro benzene ring substituents is 1. The van der Waals surface area contributed by atoms with Crippen molar-refractivity contribution < 1.29 is 4.92 Å². The molecule has 1 fully saturated rings. The van der Waals surface area contributed by atoms with E-state index in [1.54, 1.807) is 12.1 Å².